The lowest BCUT2D eigenvalue weighted by Gasteiger charge is -2.10. The number of benzene rings is 1. The minimum absolute atomic E-state index is 0.137. The van der Waals surface area contributed by atoms with E-state index in [0.29, 0.717) is 37.4 Å². The zero-order valence-electron chi connectivity index (χ0n) is 16.6. The normalized spacial score (nSPS) is 14.0. The van der Waals surface area contributed by atoms with Crippen molar-refractivity contribution < 1.29 is 9.21 Å². The van der Waals surface area contributed by atoms with Gasteiger partial charge in [-0.3, -0.25) is 4.79 Å². The van der Waals surface area contributed by atoms with Crippen molar-refractivity contribution >= 4 is 11.9 Å². The number of rotatable bonds is 9. The van der Waals surface area contributed by atoms with Crippen LogP contribution in [0.2, 0.25) is 0 Å². The van der Waals surface area contributed by atoms with E-state index >= 15 is 0 Å². The van der Waals surface area contributed by atoms with Gasteiger partial charge in [-0.25, -0.2) is 9.98 Å². The summed E-state index contributed by atoms with van der Waals surface area (Å²) in [6.07, 6.45) is 5.19. The van der Waals surface area contributed by atoms with E-state index in [2.05, 4.69) is 25.9 Å². The second kappa shape index (κ2) is 9.92. The smallest absolute Gasteiger partial charge is 0.226 e. The molecule has 0 radical (unpaired) electrons. The van der Waals surface area contributed by atoms with Crippen LogP contribution in [0.25, 0.3) is 11.5 Å². The van der Waals surface area contributed by atoms with E-state index in [0.717, 1.165) is 37.1 Å². The van der Waals surface area contributed by atoms with Gasteiger partial charge in [-0.15, -0.1) is 0 Å². The Labute approximate surface area is 166 Å². The molecule has 1 aliphatic rings. The number of carbonyl (C=O) groups excluding carboxylic acids is 1. The van der Waals surface area contributed by atoms with Gasteiger partial charge < -0.3 is 20.4 Å². The topological polar surface area (TPSA) is 91.6 Å². The van der Waals surface area contributed by atoms with Gasteiger partial charge in [0.15, 0.2) is 5.96 Å². The van der Waals surface area contributed by atoms with Crippen LogP contribution in [0.1, 0.15) is 43.9 Å². The van der Waals surface area contributed by atoms with Gasteiger partial charge in [0, 0.05) is 31.1 Å². The Hall–Kier alpha value is -2.83. The van der Waals surface area contributed by atoms with Gasteiger partial charge in [0.05, 0.1) is 6.54 Å². The first-order chi connectivity index (χ1) is 13.6. The highest BCUT2D eigenvalue weighted by atomic mass is 16.3. The Morgan fingerprint density at radius 1 is 1.25 bits per heavy atom. The Kier molecular flexibility index (Phi) is 7.06. The largest absolute Gasteiger partial charge is 0.444 e. The summed E-state index contributed by atoms with van der Waals surface area (Å²) in [5, 5.41) is 9.47. The quantitative estimate of drug-likeness (QED) is 0.352. The number of amides is 1. The lowest BCUT2D eigenvalue weighted by atomic mass is 10.1. The van der Waals surface area contributed by atoms with Crippen molar-refractivity contribution in [3.63, 3.8) is 0 Å². The Balaban J connectivity index is 1.46. The second-order valence-electron chi connectivity index (χ2n) is 7.08. The van der Waals surface area contributed by atoms with E-state index in [1.54, 1.807) is 6.26 Å². The molecule has 7 nitrogen and oxygen atoms in total. The molecule has 1 heterocycles. The van der Waals surface area contributed by atoms with Gasteiger partial charge in [0.2, 0.25) is 11.8 Å². The number of aliphatic imine (C=N–C) groups is 1. The number of carbonyl (C=O) groups is 1. The van der Waals surface area contributed by atoms with Gasteiger partial charge in [0.25, 0.3) is 0 Å². The molecule has 3 N–H and O–H groups in total. The molecule has 1 aromatic heterocycles. The molecular formula is C21H29N5O2. The average molecular weight is 383 g/mol. The van der Waals surface area contributed by atoms with E-state index < -0.39 is 0 Å². The van der Waals surface area contributed by atoms with E-state index in [4.69, 9.17) is 4.42 Å². The van der Waals surface area contributed by atoms with Crippen molar-refractivity contribution in [2.24, 2.45) is 4.99 Å². The van der Waals surface area contributed by atoms with Crippen LogP contribution in [0.5, 0.6) is 0 Å². The number of hydrogen-bond donors (Lipinski definition) is 3. The molecule has 1 aromatic carbocycles. The van der Waals surface area contributed by atoms with Crippen molar-refractivity contribution in [3.05, 3.63) is 41.8 Å². The fraction of sp³-hybridized carbons (Fsp3) is 0.476. The molecule has 3 rings (SSSR count). The molecule has 1 amide bonds. The lowest BCUT2D eigenvalue weighted by Crippen LogP contribution is -2.38. The van der Waals surface area contributed by atoms with Gasteiger partial charge >= 0.3 is 0 Å². The summed E-state index contributed by atoms with van der Waals surface area (Å²) in [5.74, 6) is 1.45. The Bertz CT molecular complexity index is 793. The average Bonchev–Trinajstić information content (AvgIpc) is 3.37. The summed E-state index contributed by atoms with van der Waals surface area (Å²) >= 11 is 0. The maximum atomic E-state index is 11.7. The highest BCUT2D eigenvalue weighted by molar-refractivity contribution is 5.80. The standard InChI is InChI=1S/C21H29N5O2/c1-3-22-21(23-12-4-5-19(27)25-17-10-11-17)24-13-18-14-28-20(26-18)16-8-6-15(2)7-9-16/h6-9,14,17H,3-5,10-13H2,1-2H3,(H,25,27)(H2,22,23,24). The van der Waals surface area contributed by atoms with Gasteiger partial charge in [-0.05, 0) is 45.2 Å². The van der Waals surface area contributed by atoms with Crippen LogP contribution in [-0.2, 0) is 11.3 Å². The van der Waals surface area contributed by atoms with E-state index in [1.807, 2.05) is 38.1 Å². The summed E-state index contributed by atoms with van der Waals surface area (Å²) in [6, 6.07) is 8.50. The monoisotopic (exact) mass is 383 g/mol. The number of aromatic nitrogens is 1. The number of hydrogen-bond acceptors (Lipinski definition) is 4. The third-order valence-electron chi connectivity index (χ3n) is 4.41. The maximum absolute atomic E-state index is 11.7. The molecule has 7 heteroatoms. The van der Waals surface area contributed by atoms with Crippen molar-refractivity contribution in [2.45, 2.75) is 52.1 Å². The van der Waals surface area contributed by atoms with Crippen LogP contribution >= 0.6 is 0 Å². The Morgan fingerprint density at radius 2 is 2.04 bits per heavy atom. The van der Waals surface area contributed by atoms with Crippen molar-refractivity contribution in [1.29, 1.82) is 0 Å². The zero-order chi connectivity index (χ0) is 19.8. The molecule has 2 aromatic rings. The number of oxazole rings is 1. The number of guanidine groups is 1. The SMILES string of the molecule is CCNC(=NCc1coc(-c2ccc(C)cc2)n1)NCCCC(=O)NC1CC1. The van der Waals surface area contributed by atoms with Crippen molar-refractivity contribution in [3.8, 4) is 11.5 Å². The first kappa shape index (κ1) is 19.9. The fourth-order valence-corrected chi connectivity index (χ4v) is 2.69. The van der Waals surface area contributed by atoms with Gasteiger partial charge in [0.1, 0.15) is 12.0 Å². The molecule has 0 spiro atoms. The van der Waals surface area contributed by atoms with Crippen LogP contribution in [0.4, 0.5) is 0 Å². The van der Waals surface area contributed by atoms with Crippen LogP contribution in [-0.4, -0.2) is 36.0 Å². The molecule has 150 valence electrons. The molecule has 0 bridgehead atoms. The number of aryl methyl sites for hydroxylation is 1. The summed E-state index contributed by atoms with van der Waals surface area (Å²) in [4.78, 5) is 20.8. The van der Waals surface area contributed by atoms with Crippen LogP contribution in [0, 0.1) is 6.92 Å². The highest BCUT2D eigenvalue weighted by Crippen LogP contribution is 2.19. The molecule has 0 aliphatic heterocycles. The second-order valence-corrected chi connectivity index (χ2v) is 7.08. The van der Waals surface area contributed by atoms with E-state index in [1.165, 1.54) is 5.56 Å². The summed E-state index contributed by atoms with van der Waals surface area (Å²) in [7, 11) is 0. The molecule has 28 heavy (non-hydrogen) atoms. The summed E-state index contributed by atoms with van der Waals surface area (Å²) < 4.78 is 5.58. The third-order valence-corrected chi connectivity index (χ3v) is 4.41. The van der Waals surface area contributed by atoms with E-state index in [-0.39, 0.29) is 5.91 Å². The van der Waals surface area contributed by atoms with E-state index in [9.17, 15) is 4.79 Å². The molecule has 0 unspecified atom stereocenters. The molecule has 1 saturated carbocycles. The minimum Gasteiger partial charge on any atom is -0.444 e. The predicted octanol–water partition coefficient (Wildman–Crippen LogP) is 2.76. The Morgan fingerprint density at radius 3 is 2.75 bits per heavy atom. The third kappa shape index (κ3) is 6.40. The number of nitrogens with zero attached hydrogens (tertiary/aromatic N) is 2. The molecule has 0 atom stereocenters. The fourth-order valence-electron chi connectivity index (χ4n) is 2.69. The molecule has 1 aliphatic carbocycles. The molecular weight excluding hydrogens is 354 g/mol. The lowest BCUT2D eigenvalue weighted by molar-refractivity contribution is -0.121. The molecule has 0 saturated heterocycles. The summed E-state index contributed by atoms with van der Waals surface area (Å²) in [5.41, 5.74) is 2.93. The first-order valence-electron chi connectivity index (χ1n) is 9.97. The molecule has 1 fully saturated rings. The number of nitrogens with one attached hydrogen (secondary N) is 3. The summed E-state index contributed by atoms with van der Waals surface area (Å²) in [6.45, 7) is 5.95. The van der Waals surface area contributed by atoms with Gasteiger partial charge in [-0.2, -0.15) is 0 Å². The van der Waals surface area contributed by atoms with Crippen molar-refractivity contribution in [1.82, 2.24) is 20.9 Å². The van der Waals surface area contributed by atoms with Crippen LogP contribution < -0.4 is 16.0 Å². The minimum atomic E-state index is 0.137. The zero-order valence-corrected chi connectivity index (χ0v) is 16.6. The van der Waals surface area contributed by atoms with Crippen LogP contribution in [0.15, 0.2) is 39.9 Å². The highest BCUT2D eigenvalue weighted by Gasteiger charge is 2.22. The maximum Gasteiger partial charge on any atom is 0.226 e. The van der Waals surface area contributed by atoms with Crippen LogP contribution in [0.3, 0.4) is 0 Å². The predicted molar refractivity (Wildman–Crippen MR) is 110 cm³/mol. The van der Waals surface area contributed by atoms with Crippen molar-refractivity contribution in [2.75, 3.05) is 13.1 Å². The first-order valence-corrected chi connectivity index (χ1v) is 9.97. The van der Waals surface area contributed by atoms with Gasteiger partial charge in [-0.1, -0.05) is 17.7 Å².